The van der Waals surface area contributed by atoms with Crippen LogP contribution in [0.3, 0.4) is 0 Å². The van der Waals surface area contributed by atoms with Gasteiger partial charge in [0.05, 0.1) is 22.8 Å². The van der Waals surface area contributed by atoms with Crippen LogP contribution in [0, 0.1) is 23.2 Å². The molecule has 0 bridgehead atoms. The molecule has 1 amide bonds. The molecule has 0 unspecified atom stereocenters. The zero-order chi connectivity index (χ0) is 19.8. The summed E-state index contributed by atoms with van der Waals surface area (Å²) in [7, 11) is 0. The fourth-order valence-corrected chi connectivity index (χ4v) is 5.01. The molecule has 1 spiro atoms. The summed E-state index contributed by atoms with van der Waals surface area (Å²) in [6.07, 6.45) is 11.4. The second kappa shape index (κ2) is 7.69. The van der Waals surface area contributed by atoms with Crippen LogP contribution in [0.2, 0.25) is 0 Å². The van der Waals surface area contributed by atoms with Crippen molar-refractivity contribution in [2.24, 2.45) is 11.3 Å². The number of allylic oxidation sites excluding steroid dienone is 2. The van der Waals surface area contributed by atoms with E-state index >= 15 is 0 Å². The molecule has 0 N–H and O–H groups in total. The Balaban J connectivity index is 1.57. The van der Waals surface area contributed by atoms with Gasteiger partial charge in [-0.1, -0.05) is 24.0 Å². The third-order valence-corrected chi connectivity index (χ3v) is 6.90. The maximum Gasteiger partial charge on any atom is 0.230 e. The van der Waals surface area contributed by atoms with Gasteiger partial charge >= 0.3 is 0 Å². The van der Waals surface area contributed by atoms with Gasteiger partial charge in [0.15, 0.2) is 0 Å². The zero-order valence-corrected chi connectivity index (χ0v) is 18.1. The summed E-state index contributed by atoms with van der Waals surface area (Å²) in [5.74, 6) is 7.03. The van der Waals surface area contributed by atoms with Crippen LogP contribution in [0.5, 0.6) is 0 Å². The minimum atomic E-state index is -0.0178. The normalized spacial score (nSPS) is 29.2. The van der Waals surface area contributed by atoms with Crippen LogP contribution in [0.25, 0.3) is 0 Å². The fraction of sp³-hybridized carbons (Fsp3) is 0.625. The number of carbonyl (C=O) groups excluding carboxylic acids is 1. The van der Waals surface area contributed by atoms with Gasteiger partial charge in [-0.3, -0.25) is 4.79 Å². The Hall–Kier alpha value is -1.57. The SMILES string of the molecule is CC(C)(C)C#Cc1cc(N(C(=O)[C@H]2CC=CCC2)[C@H]2CC[C@@]3(CC2)CO3)cs1. The van der Waals surface area contributed by atoms with E-state index in [9.17, 15) is 4.79 Å². The number of hydrogen-bond acceptors (Lipinski definition) is 3. The predicted octanol–water partition coefficient (Wildman–Crippen LogP) is 5.55. The van der Waals surface area contributed by atoms with E-state index < -0.39 is 0 Å². The number of hydrogen-bond donors (Lipinski definition) is 0. The molecule has 1 aromatic heterocycles. The highest BCUT2D eigenvalue weighted by molar-refractivity contribution is 7.11. The lowest BCUT2D eigenvalue weighted by molar-refractivity contribution is -0.123. The Morgan fingerprint density at radius 1 is 1.25 bits per heavy atom. The Morgan fingerprint density at radius 2 is 2.00 bits per heavy atom. The predicted molar refractivity (Wildman–Crippen MR) is 116 cm³/mol. The van der Waals surface area contributed by atoms with Crippen LogP contribution in [0.4, 0.5) is 5.69 Å². The minimum Gasteiger partial charge on any atom is -0.370 e. The van der Waals surface area contributed by atoms with Crippen LogP contribution in [0.1, 0.15) is 70.6 Å². The lowest BCUT2D eigenvalue weighted by Gasteiger charge is -2.37. The first-order chi connectivity index (χ1) is 13.4. The third-order valence-electron chi connectivity index (χ3n) is 6.06. The molecule has 1 saturated heterocycles. The van der Waals surface area contributed by atoms with Crippen molar-refractivity contribution in [2.75, 3.05) is 11.5 Å². The minimum absolute atomic E-state index is 0.0178. The van der Waals surface area contributed by atoms with Crippen LogP contribution < -0.4 is 4.90 Å². The van der Waals surface area contributed by atoms with Gasteiger partial charge in [0.1, 0.15) is 0 Å². The van der Waals surface area contributed by atoms with E-state index in [0.717, 1.165) is 62.1 Å². The number of nitrogens with zero attached hydrogens (tertiary/aromatic N) is 1. The van der Waals surface area contributed by atoms with Gasteiger partial charge in [-0.2, -0.15) is 0 Å². The molecule has 3 nitrogen and oxygen atoms in total. The summed E-state index contributed by atoms with van der Waals surface area (Å²) in [4.78, 5) is 16.7. The molecule has 1 aromatic rings. The lowest BCUT2D eigenvalue weighted by atomic mass is 9.84. The Morgan fingerprint density at radius 3 is 2.61 bits per heavy atom. The summed E-state index contributed by atoms with van der Waals surface area (Å²) in [6, 6.07) is 2.41. The molecule has 3 aliphatic rings. The standard InChI is InChI=1S/C24H31NO2S/c1-23(2,3)12-11-21-15-20(16-28-21)25(22(26)18-7-5-4-6-8-18)19-9-13-24(14-10-19)17-27-24/h4-5,15-16,18-19H,6-10,13-14,17H2,1-3H3/t18-,19-,24+/m0/s1. The number of amides is 1. The zero-order valence-electron chi connectivity index (χ0n) is 17.3. The molecule has 0 aromatic carbocycles. The molecule has 1 atom stereocenters. The highest BCUT2D eigenvalue weighted by Crippen LogP contribution is 2.44. The van der Waals surface area contributed by atoms with Crippen molar-refractivity contribution in [3.8, 4) is 11.8 Å². The summed E-state index contributed by atoms with van der Waals surface area (Å²) in [6.45, 7) is 7.28. The van der Waals surface area contributed by atoms with Crippen molar-refractivity contribution >= 4 is 22.9 Å². The summed E-state index contributed by atoms with van der Waals surface area (Å²) < 4.78 is 5.69. The molecule has 2 heterocycles. The summed E-state index contributed by atoms with van der Waals surface area (Å²) in [5.41, 5.74) is 1.17. The van der Waals surface area contributed by atoms with E-state index in [1.807, 2.05) is 0 Å². The van der Waals surface area contributed by atoms with E-state index in [1.54, 1.807) is 11.3 Å². The van der Waals surface area contributed by atoms with Crippen molar-refractivity contribution in [2.45, 2.75) is 77.4 Å². The van der Waals surface area contributed by atoms with Gasteiger partial charge in [-0.25, -0.2) is 0 Å². The number of epoxide rings is 1. The first kappa shape index (κ1) is 19.7. The van der Waals surface area contributed by atoms with Crippen LogP contribution in [-0.2, 0) is 9.53 Å². The van der Waals surface area contributed by atoms with Crippen LogP contribution >= 0.6 is 11.3 Å². The van der Waals surface area contributed by atoms with Crippen LogP contribution in [0.15, 0.2) is 23.6 Å². The van der Waals surface area contributed by atoms with Gasteiger partial charge in [0.25, 0.3) is 0 Å². The molecule has 1 saturated carbocycles. The third kappa shape index (κ3) is 4.53. The van der Waals surface area contributed by atoms with Gasteiger partial charge in [-0.05, 0) is 71.8 Å². The summed E-state index contributed by atoms with van der Waals surface area (Å²) >= 11 is 1.65. The quantitative estimate of drug-likeness (QED) is 0.381. The maximum atomic E-state index is 13.5. The topological polar surface area (TPSA) is 32.8 Å². The van der Waals surface area contributed by atoms with E-state index in [1.165, 1.54) is 0 Å². The number of rotatable bonds is 3. The highest BCUT2D eigenvalue weighted by atomic mass is 32.1. The first-order valence-electron chi connectivity index (χ1n) is 10.6. The Kier molecular flexibility index (Phi) is 5.42. The van der Waals surface area contributed by atoms with E-state index in [2.05, 4.69) is 61.1 Å². The average Bonchev–Trinajstić information content (AvgIpc) is 3.27. The number of thiophene rings is 1. The molecular formula is C24H31NO2S. The van der Waals surface area contributed by atoms with E-state index in [-0.39, 0.29) is 23.0 Å². The molecule has 2 fully saturated rings. The average molecular weight is 398 g/mol. The molecule has 150 valence electrons. The molecule has 0 radical (unpaired) electrons. The fourth-order valence-electron chi connectivity index (χ4n) is 4.28. The summed E-state index contributed by atoms with van der Waals surface area (Å²) in [5, 5.41) is 2.13. The van der Waals surface area contributed by atoms with E-state index in [0.29, 0.717) is 5.91 Å². The number of ether oxygens (including phenoxy) is 1. The second-order valence-corrected chi connectivity index (χ2v) is 10.5. The van der Waals surface area contributed by atoms with Gasteiger partial charge in [0.2, 0.25) is 5.91 Å². The highest BCUT2D eigenvalue weighted by Gasteiger charge is 2.48. The van der Waals surface area contributed by atoms with Crippen LogP contribution in [-0.4, -0.2) is 24.2 Å². The molecule has 4 rings (SSSR count). The van der Waals surface area contributed by atoms with Gasteiger partial charge < -0.3 is 9.64 Å². The van der Waals surface area contributed by atoms with Gasteiger partial charge in [-0.15, -0.1) is 11.3 Å². The molecule has 1 aliphatic heterocycles. The van der Waals surface area contributed by atoms with Crippen molar-refractivity contribution in [1.82, 2.24) is 0 Å². The smallest absolute Gasteiger partial charge is 0.230 e. The number of anilines is 1. The van der Waals surface area contributed by atoms with Crippen molar-refractivity contribution < 1.29 is 9.53 Å². The van der Waals surface area contributed by atoms with Crippen molar-refractivity contribution in [1.29, 1.82) is 0 Å². The maximum absolute atomic E-state index is 13.5. The van der Waals surface area contributed by atoms with Gasteiger partial charge in [0, 0.05) is 22.8 Å². The molecular weight excluding hydrogens is 366 g/mol. The Labute approximate surface area is 173 Å². The largest absolute Gasteiger partial charge is 0.370 e. The molecule has 2 aliphatic carbocycles. The monoisotopic (exact) mass is 397 g/mol. The Bertz CT molecular complexity index is 806. The first-order valence-corrected chi connectivity index (χ1v) is 11.5. The number of carbonyl (C=O) groups is 1. The molecule has 28 heavy (non-hydrogen) atoms. The van der Waals surface area contributed by atoms with Crippen molar-refractivity contribution in [3.05, 3.63) is 28.5 Å². The van der Waals surface area contributed by atoms with Crippen molar-refractivity contribution in [3.63, 3.8) is 0 Å². The van der Waals surface area contributed by atoms with E-state index in [4.69, 9.17) is 4.74 Å². The second-order valence-electron chi connectivity index (χ2n) is 9.56. The lowest BCUT2D eigenvalue weighted by Crippen LogP contribution is -2.46. The molecule has 4 heteroatoms.